The van der Waals surface area contributed by atoms with Crippen molar-refractivity contribution >= 4 is 23.5 Å². The number of carboxylic acid groups (broad SMARTS) is 1. The molecule has 1 unspecified atom stereocenters. The lowest BCUT2D eigenvalue weighted by atomic mass is 9.98. The largest absolute Gasteiger partial charge is 0.480 e. The monoisotopic (exact) mass is 347 g/mol. The van der Waals surface area contributed by atoms with Gasteiger partial charge in [-0.15, -0.1) is 0 Å². The molecule has 1 fully saturated rings. The summed E-state index contributed by atoms with van der Waals surface area (Å²) >= 11 is 5.90. The number of nitrogens with zero attached hydrogens (tertiary/aromatic N) is 3. The smallest absolute Gasteiger partial charge is 0.329 e. The van der Waals surface area contributed by atoms with Crippen LogP contribution in [-0.2, 0) is 4.79 Å². The second kappa shape index (κ2) is 5.94. The highest BCUT2D eigenvalue weighted by molar-refractivity contribution is 6.30. The summed E-state index contributed by atoms with van der Waals surface area (Å²) < 4.78 is 1.65. The molecule has 2 aromatic rings. The van der Waals surface area contributed by atoms with Gasteiger partial charge in [0.1, 0.15) is 5.54 Å². The minimum absolute atomic E-state index is 0.296. The lowest BCUT2D eigenvalue weighted by Crippen LogP contribution is -2.50. The van der Waals surface area contributed by atoms with Crippen LogP contribution < -0.4 is 0 Å². The molecule has 1 aliphatic heterocycles. The summed E-state index contributed by atoms with van der Waals surface area (Å²) in [5, 5.41) is 14.4. The highest BCUT2D eigenvalue weighted by Crippen LogP contribution is 2.31. The number of carbonyl (C=O) groups excluding carboxylic acids is 1. The van der Waals surface area contributed by atoms with E-state index in [0.717, 1.165) is 5.69 Å². The van der Waals surface area contributed by atoms with Gasteiger partial charge in [0.25, 0.3) is 5.91 Å². The van der Waals surface area contributed by atoms with Gasteiger partial charge >= 0.3 is 5.97 Å². The van der Waals surface area contributed by atoms with Crippen molar-refractivity contribution in [2.75, 3.05) is 6.54 Å². The van der Waals surface area contributed by atoms with Gasteiger partial charge in [-0.05, 0) is 51.0 Å². The maximum absolute atomic E-state index is 12.9. The number of likely N-dealkylation sites (tertiary alicyclic amines) is 1. The van der Waals surface area contributed by atoms with Gasteiger partial charge in [0.05, 0.1) is 23.1 Å². The molecule has 1 N–H and O–H groups in total. The minimum atomic E-state index is -1.16. The Labute approximate surface area is 144 Å². The molecule has 6 nitrogen and oxygen atoms in total. The SMILES string of the molecule is Cc1c(C(=O)N2CCCC2(C)C(=O)O)cnn1-c1ccc(Cl)cc1. The van der Waals surface area contributed by atoms with Gasteiger partial charge < -0.3 is 10.0 Å². The average Bonchev–Trinajstić information content (AvgIpc) is 3.12. The summed E-state index contributed by atoms with van der Waals surface area (Å²) in [6.45, 7) is 3.83. The molecule has 1 atom stereocenters. The second-order valence-corrected chi connectivity index (χ2v) is 6.61. The molecule has 0 radical (unpaired) electrons. The Morgan fingerprint density at radius 1 is 1.29 bits per heavy atom. The zero-order valence-electron chi connectivity index (χ0n) is 13.5. The van der Waals surface area contributed by atoms with E-state index in [2.05, 4.69) is 5.10 Å². The number of amides is 1. The zero-order valence-corrected chi connectivity index (χ0v) is 14.2. The number of aliphatic carboxylic acids is 1. The Morgan fingerprint density at radius 3 is 2.58 bits per heavy atom. The zero-order chi connectivity index (χ0) is 17.5. The predicted molar refractivity (Wildman–Crippen MR) is 89.6 cm³/mol. The molecule has 1 aromatic carbocycles. The van der Waals surface area contributed by atoms with Gasteiger partial charge in [-0.3, -0.25) is 4.79 Å². The first-order chi connectivity index (χ1) is 11.3. The maximum atomic E-state index is 12.9. The molecule has 2 heterocycles. The molecule has 1 amide bonds. The first-order valence-electron chi connectivity index (χ1n) is 7.70. The highest BCUT2D eigenvalue weighted by Gasteiger charge is 2.46. The van der Waals surface area contributed by atoms with E-state index in [1.807, 2.05) is 12.1 Å². The Morgan fingerprint density at radius 2 is 1.96 bits per heavy atom. The summed E-state index contributed by atoms with van der Waals surface area (Å²) in [7, 11) is 0. The number of carbonyl (C=O) groups is 2. The third-order valence-corrected chi connectivity index (χ3v) is 4.91. The summed E-state index contributed by atoms with van der Waals surface area (Å²) in [6, 6.07) is 7.13. The molecule has 0 spiro atoms. The number of aromatic nitrogens is 2. The molecular weight excluding hydrogens is 330 g/mol. The fourth-order valence-electron chi connectivity index (χ4n) is 3.12. The van der Waals surface area contributed by atoms with E-state index in [9.17, 15) is 14.7 Å². The van der Waals surface area contributed by atoms with E-state index in [-0.39, 0.29) is 5.91 Å². The van der Waals surface area contributed by atoms with Crippen LogP contribution in [0.1, 0.15) is 35.8 Å². The Kier molecular flexibility index (Phi) is 4.09. The first-order valence-corrected chi connectivity index (χ1v) is 8.08. The molecule has 1 aliphatic rings. The average molecular weight is 348 g/mol. The molecule has 7 heteroatoms. The number of carboxylic acids is 1. The van der Waals surface area contributed by atoms with Crippen LogP contribution in [0.15, 0.2) is 30.5 Å². The van der Waals surface area contributed by atoms with Gasteiger partial charge in [0.2, 0.25) is 0 Å². The van der Waals surface area contributed by atoms with E-state index in [4.69, 9.17) is 11.6 Å². The molecule has 1 saturated heterocycles. The summed E-state index contributed by atoms with van der Waals surface area (Å²) in [5.41, 5.74) is 0.714. The lowest BCUT2D eigenvalue weighted by Gasteiger charge is -2.31. The molecule has 1 aromatic heterocycles. The van der Waals surface area contributed by atoms with E-state index in [1.165, 1.54) is 11.1 Å². The number of rotatable bonds is 3. The molecule has 0 saturated carbocycles. The second-order valence-electron chi connectivity index (χ2n) is 6.17. The summed E-state index contributed by atoms with van der Waals surface area (Å²) in [4.78, 5) is 25.9. The van der Waals surface area contributed by atoms with Crippen LogP contribution in [-0.4, -0.2) is 43.7 Å². The summed E-state index contributed by atoms with van der Waals surface area (Å²) in [5.74, 6) is -1.27. The number of benzene rings is 1. The normalized spacial score (nSPS) is 20.4. The van der Waals surface area contributed by atoms with E-state index >= 15 is 0 Å². The lowest BCUT2D eigenvalue weighted by molar-refractivity contribution is -0.147. The van der Waals surface area contributed by atoms with Crippen LogP contribution >= 0.6 is 11.6 Å². The van der Waals surface area contributed by atoms with Gasteiger partial charge in [-0.1, -0.05) is 11.6 Å². The van der Waals surface area contributed by atoms with Crippen LogP contribution in [0.5, 0.6) is 0 Å². The number of hydrogen-bond acceptors (Lipinski definition) is 3. The van der Waals surface area contributed by atoms with Crippen LogP contribution in [0.2, 0.25) is 5.02 Å². The van der Waals surface area contributed by atoms with Gasteiger partial charge in [-0.25, -0.2) is 9.48 Å². The third-order valence-electron chi connectivity index (χ3n) is 4.66. The van der Waals surface area contributed by atoms with Crippen molar-refractivity contribution in [2.24, 2.45) is 0 Å². The van der Waals surface area contributed by atoms with Crippen molar-refractivity contribution in [3.63, 3.8) is 0 Å². The summed E-state index contributed by atoms with van der Waals surface area (Å²) in [6.07, 6.45) is 2.63. The van der Waals surface area contributed by atoms with Crippen LogP contribution in [0, 0.1) is 6.92 Å². The van der Waals surface area contributed by atoms with E-state index in [1.54, 1.807) is 30.7 Å². The van der Waals surface area contributed by atoms with Gasteiger partial charge in [0.15, 0.2) is 0 Å². The van der Waals surface area contributed by atoms with Crippen molar-refractivity contribution in [1.82, 2.24) is 14.7 Å². The maximum Gasteiger partial charge on any atom is 0.329 e. The Hall–Kier alpha value is -2.34. The Bertz CT molecular complexity index is 800. The van der Waals surface area contributed by atoms with Crippen molar-refractivity contribution in [2.45, 2.75) is 32.2 Å². The topological polar surface area (TPSA) is 75.4 Å². The minimum Gasteiger partial charge on any atom is -0.480 e. The number of halogens is 1. The van der Waals surface area contributed by atoms with Crippen molar-refractivity contribution < 1.29 is 14.7 Å². The fraction of sp³-hybridized carbons (Fsp3) is 0.353. The van der Waals surface area contributed by atoms with E-state index < -0.39 is 11.5 Å². The molecule has 3 rings (SSSR count). The van der Waals surface area contributed by atoms with Crippen molar-refractivity contribution in [3.8, 4) is 5.69 Å². The highest BCUT2D eigenvalue weighted by atomic mass is 35.5. The fourth-order valence-corrected chi connectivity index (χ4v) is 3.24. The van der Waals surface area contributed by atoms with Crippen molar-refractivity contribution in [1.29, 1.82) is 0 Å². The molecule has 24 heavy (non-hydrogen) atoms. The molecule has 0 aliphatic carbocycles. The molecular formula is C17H18ClN3O3. The van der Waals surface area contributed by atoms with Crippen molar-refractivity contribution in [3.05, 3.63) is 46.7 Å². The first kappa shape index (κ1) is 16.5. The molecule has 0 bridgehead atoms. The Balaban J connectivity index is 1.95. The van der Waals surface area contributed by atoms with Gasteiger partial charge in [0, 0.05) is 11.6 Å². The van der Waals surface area contributed by atoms with Crippen LogP contribution in [0.25, 0.3) is 5.69 Å². The third kappa shape index (κ3) is 2.57. The standard InChI is InChI=1S/C17H18ClN3O3/c1-11-14(10-19-21(11)13-6-4-12(18)5-7-13)15(22)20-9-3-8-17(20,2)16(23)24/h4-7,10H,3,8-9H2,1-2H3,(H,23,24). The van der Waals surface area contributed by atoms with E-state index in [0.29, 0.717) is 35.7 Å². The predicted octanol–water partition coefficient (Wildman–Crippen LogP) is 2.91. The quantitative estimate of drug-likeness (QED) is 0.926. The van der Waals surface area contributed by atoms with Gasteiger partial charge in [-0.2, -0.15) is 5.10 Å². The number of hydrogen-bond donors (Lipinski definition) is 1. The van der Waals surface area contributed by atoms with Crippen LogP contribution in [0.4, 0.5) is 0 Å². The molecule has 126 valence electrons. The van der Waals surface area contributed by atoms with Crippen LogP contribution in [0.3, 0.4) is 0 Å².